The number of rotatable bonds is 70. The summed E-state index contributed by atoms with van der Waals surface area (Å²) in [7, 11) is 0. The Kier molecular flexibility index (Phi) is 46.1. The van der Waals surface area contributed by atoms with Crippen LogP contribution >= 0.6 is 57.1 Å². The van der Waals surface area contributed by atoms with Crippen molar-refractivity contribution in [3.05, 3.63) is 57.8 Å². The molecule has 2 aliphatic rings. The summed E-state index contributed by atoms with van der Waals surface area (Å²) < 4.78 is 61.0. The van der Waals surface area contributed by atoms with Gasteiger partial charge in [-0.25, -0.2) is 8.78 Å². The van der Waals surface area contributed by atoms with Gasteiger partial charge in [-0.3, -0.25) is 0 Å². The van der Waals surface area contributed by atoms with Gasteiger partial charge in [0.15, 0.2) is 11.6 Å². The second-order valence-corrected chi connectivity index (χ2v) is 38.1. The predicted molar refractivity (Wildman–Crippen MR) is 472 cm³/mol. The normalized spacial score (nSPS) is 13.6. The Balaban J connectivity index is 0.953. The minimum Gasteiger partial charge on any atom is -0.481 e. The van der Waals surface area contributed by atoms with E-state index in [1.807, 2.05) is 0 Å². The molecule has 7 heterocycles. The molecule has 107 heavy (non-hydrogen) atoms. The maximum atomic E-state index is 18.1. The van der Waals surface area contributed by atoms with Crippen molar-refractivity contribution in [2.75, 3.05) is 0 Å². The Morgan fingerprint density at radius 2 is 0.486 bits per heavy atom. The Morgan fingerprint density at radius 1 is 0.280 bits per heavy atom. The standard InChI is InChI=1S/C96H154F2N2O2S5/c1-5-9-13-17-21-25-29-33-37-41-45-49-53-57-61-65-71-95(72-66-62-58-54-50-46-42-38-34-30-26-22-18-14-10-6-2)79-77-83(105-91(79)93-81(101-95)69-75-103-93)85-87(97)88(98)86(90-89(85)99-107-100-90)84-78-80-92(106-84)94-82(70-76-104-94)102-96(80,73-67-63-59-55-51-47-43-39-35-31-27-23-19-15-11-7-3)74-68-64-60-56-52-48-44-40-36-32-28-24-20-16-12-8-4/h69-70,75-78H,5-68,71-74H2,1-4H3. The maximum absolute atomic E-state index is 18.1. The number of unbranched alkanes of at least 4 members (excludes halogenated alkanes) is 60. The number of halogens is 2. The molecule has 5 aromatic heterocycles. The van der Waals surface area contributed by atoms with Crippen LogP contribution in [0.25, 0.3) is 51.4 Å². The molecule has 0 unspecified atom stereocenters. The quantitative estimate of drug-likeness (QED) is 0.0357. The average molecular weight is 1570 g/mol. The van der Waals surface area contributed by atoms with E-state index in [4.69, 9.17) is 18.2 Å². The van der Waals surface area contributed by atoms with E-state index >= 15 is 8.78 Å². The van der Waals surface area contributed by atoms with Gasteiger partial charge in [0.25, 0.3) is 0 Å². The zero-order chi connectivity index (χ0) is 74.9. The minimum atomic E-state index is -0.820. The van der Waals surface area contributed by atoms with Crippen molar-refractivity contribution in [3.63, 3.8) is 0 Å². The Morgan fingerprint density at radius 3 is 0.701 bits per heavy atom. The molecule has 0 radical (unpaired) electrons. The van der Waals surface area contributed by atoms with Crippen LogP contribution in [-0.2, 0) is 11.2 Å². The highest BCUT2D eigenvalue weighted by molar-refractivity contribution is 7.24. The van der Waals surface area contributed by atoms with E-state index in [0.29, 0.717) is 11.0 Å². The molecule has 0 saturated carbocycles. The van der Waals surface area contributed by atoms with E-state index in [2.05, 4.69) is 62.7 Å². The zero-order valence-electron chi connectivity index (χ0n) is 69.1. The fraction of sp³-hybridized carbons (Fsp3) is 0.771. The molecule has 11 heteroatoms. The van der Waals surface area contributed by atoms with Gasteiger partial charge in [0.2, 0.25) is 0 Å². The molecule has 6 aromatic rings. The second kappa shape index (κ2) is 54.9. The van der Waals surface area contributed by atoms with Crippen LogP contribution < -0.4 is 9.47 Å². The largest absolute Gasteiger partial charge is 0.481 e. The molecular formula is C96H154F2N2O2S5. The summed E-state index contributed by atoms with van der Waals surface area (Å²) in [5.41, 5.74) is 2.67. The molecule has 0 bridgehead atoms. The number of benzene rings is 1. The van der Waals surface area contributed by atoms with Gasteiger partial charge in [0, 0.05) is 20.9 Å². The van der Waals surface area contributed by atoms with Gasteiger partial charge >= 0.3 is 0 Å². The molecule has 4 nitrogen and oxygen atoms in total. The van der Waals surface area contributed by atoms with Crippen molar-refractivity contribution >= 4 is 68.1 Å². The van der Waals surface area contributed by atoms with Gasteiger partial charge in [-0.1, -0.05) is 413 Å². The van der Waals surface area contributed by atoms with E-state index in [1.54, 1.807) is 45.3 Å². The summed E-state index contributed by atoms with van der Waals surface area (Å²) in [6, 6.07) is 8.75. The van der Waals surface area contributed by atoms with Crippen LogP contribution in [0.15, 0.2) is 35.0 Å². The lowest BCUT2D eigenvalue weighted by molar-refractivity contribution is 0.0395. The fourth-order valence-corrected chi connectivity index (χ4v) is 23.0. The van der Waals surface area contributed by atoms with Crippen LogP contribution in [0.1, 0.15) is 475 Å². The number of hydrogen-bond donors (Lipinski definition) is 0. The number of nitrogens with zero attached hydrogens (tertiary/aromatic N) is 2. The van der Waals surface area contributed by atoms with Crippen LogP contribution in [0, 0.1) is 11.6 Å². The highest BCUT2D eigenvalue weighted by Gasteiger charge is 2.45. The van der Waals surface area contributed by atoms with E-state index in [-0.39, 0.29) is 11.1 Å². The van der Waals surface area contributed by atoms with Crippen molar-refractivity contribution < 1.29 is 18.3 Å². The molecule has 0 spiro atoms. The molecule has 1 aromatic carbocycles. The first-order valence-electron chi connectivity index (χ1n) is 46.3. The lowest BCUT2D eigenvalue weighted by Gasteiger charge is -2.38. The van der Waals surface area contributed by atoms with Gasteiger partial charge in [0.1, 0.15) is 33.7 Å². The molecule has 0 N–H and O–H groups in total. The molecular weight excluding hydrogens is 1410 g/mol. The molecule has 0 atom stereocenters. The lowest BCUT2D eigenvalue weighted by Crippen LogP contribution is -2.35. The van der Waals surface area contributed by atoms with Crippen LogP contribution in [0.5, 0.6) is 11.5 Å². The van der Waals surface area contributed by atoms with Crippen LogP contribution in [0.3, 0.4) is 0 Å². The molecule has 604 valence electrons. The predicted octanol–water partition coefficient (Wildman–Crippen LogP) is 36.7. The summed E-state index contributed by atoms with van der Waals surface area (Å²) in [4.78, 5) is 5.99. The van der Waals surface area contributed by atoms with E-state index in [9.17, 15) is 0 Å². The fourth-order valence-electron chi connectivity index (χ4n) is 17.9. The molecule has 0 fully saturated rings. The highest BCUT2D eigenvalue weighted by atomic mass is 32.1. The highest BCUT2D eigenvalue weighted by Crippen LogP contribution is 2.60. The van der Waals surface area contributed by atoms with Crippen molar-refractivity contribution in [2.24, 2.45) is 0 Å². The summed E-state index contributed by atoms with van der Waals surface area (Å²) in [5.74, 6) is 0.261. The number of ether oxygens (including phenoxy) is 2. The Hall–Kier alpha value is -2.70. The molecule has 0 amide bonds. The minimum absolute atomic E-state index is 0.248. The topological polar surface area (TPSA) is 44.2 Å². The first kappa shape index (κ1) is 89.8. The number of thiophene rings is 4. The average Bonchev–Trinajstić information content (AvgIpc) is 1.57. The summed E-state index contributed by atoms with van der Waals surface area (Å²) in [5, 5.41) is 4.32. The third kappa shape index (κ3) is 30.9. The third-order valence-electron chi connectivity index (χ3n) is 24.6. The molecule has 8 rings (SSSR count). The van der Waals surface area contributed by atoms with Gasteiger partial charge in [-0.15, -0.1) is 45.3 Å². The first-order chi connectivity index (χ1) is 52.9. The number of fused-ring (bicyclic) bond motifs is 7. The maximum Gasteiger partial charge on any atom is 0.170 e. The van der Waals surface area contributed by atoms with Crippen LogP contribution in [-0.4, -0.2) is 8.75 Å². The van der Waals surface area contributed by atoms with Gasteiger partial charge < -0.3 is 9.47 Å². The van der Waals surface area contributed by atoms with E-state index < -0.39 is 22.8 Å². The second-order valence-electron chi connectivity index (χ2n) is 33.7. The third-order valence-corrected chi connectivity index (χ3v) is 29.5. The first-order valence-corrected chi connectivity index (χ1v) is 50.5. The molecule has 0 saturated heterocycles. The van der Waals surface area contributed by atoms with Gasteiger partial charge in [0.05, 0.1) is 42.4 Å². The summed E-state index contributed by atoms with van der Waals surface area (Å²) in [6.07, 6.45) is 89.4. The van der Waals surface area contributed by atoms with Crippen molar-refractivity contribution in [1.82, 2.24) is 8.75 Å². The Labute approximate surface area is 675 Å². The zero-order valence-corrected chi connectivity index (χ0v) is 73.1. The Bertz CT molecular complexity index is 2920. The van der Waals surface area contributed by atoms with Crippen molar-refractivity contribution in [1.29, 1.82) is 0 Å². The van der Waals surface area contributed by atoms with Crippen molar-refractivity contribution in [2.45, 2.75) is 476 Å². The van der Waals surface area contributed by atoms with Crippen LogP contribution in [0.2, 0.25) is 0 Å². The summed E-state index contributed by atoms with van der Waals surface area (Å²) in [6.45, 7) is 9.22. The van der Waals surface area contributed by atoms with E-state index in [1.165, 1.54) is 385 Å². The van der Waals surface area contributed by atoms with Gasteiger partial charge in [-0.05, 0) is 86.4 Å². The van der Waals surface area contributed by atoms with Crippen LogP contribution in [0.4, 0.5) is 8.78 Å². The number of aromatic nitrogens is 2. The summed E-state index contributed by atoms with van der Waals surface area (Å²) >= 11 is 7.73. The SMILES string of the molecule is CCCCCCCCCCCCCCCCCCC1(CCCCCCCCCCCCCCCCCC)Oc2ccsc2-c2sc(-c3c(F)c(F)c(-c4cc5c(s4)-c4sccc4OC5(CCCCCCCCCCCCCCCCCC)CCCCCCCCCCCCCCCCCC)c4nsnc34)cc21. The van der Waals surface area contributed by atoms with Crippen molar-refractivity contribution in [3.8, 4) is 51.9 Å². The lowest BCUT2D eigenvalue weighted by atomic mass is 9.81. The smallest absolute Gasteiger partial charge is 0.170 e. The molecule has 2 aliphatic heterocycles. The number of hydrogen-bond acceptors (Lipinski definition) is 9. The molecule has 0 aliphatic carbocycles. The van der Waals surface area contributed by atoms with E-state index in [0.717, 1.165) is 115 Å². The van der Waals surface area contributed by atoms with Gasteiger partial charge in [-0.2, -0.15) is 8.75 Å². The monoisotopic (exact) mass is 1570 g/mol.